The number of piperidine rings is 1. The molecule has 0 bridgehead atoms. The second kappa shape index (κ2) is 7.48. The van der Waals surface area contributed by atoms with E-state index >= 15 is 0 Å². The molecule has 30 heavy (non-hydrogen) atoms. The first-order chi connectivity index (χ1) is 14.3. The average Bonchev–Trinajstić information content (AvgIpc) is 2.74. The fraction of sp³-hybridized carbons (Fsp3) is 0.348. The van der Waals surface area contributed by atoms with Gasteiger partial charge in [-0.3, -0.25) is 4.79 Å². The van der Waals surface area contributed by atoms with E-state index in [9.17, 15) is 9.59 Å². The molecule has 4 rings (SSSR count). The molecule has 1 saturated heterocycles. The average molecular weight is 407 g/mol. The van der Waals surface area contributed by atoms with Gasteiger partial charge in [-0.15, -0.1) is 0 Å². The van der Waals surface area contributed by atoms with Gasteiger partial charge in [-0.2, -0.15) is 0 Å². The quantitative estimate of drug-likeness (QED) is 0.460. The molecule has 0 aromatic heterocycles. The van der Waals surface area contributed by atoms with Crippen LogP contribution in [0.25, 0.3) is 0 Å². The number of nitrogens with two attached hydrogens (primary N) is 1. The lowest BCUT2D eigenvalue weighted by Gasteiger charge is -2.43. The molecule has 0 aliphatic carbocycles. The minimum absolute atomic E-state index is 0.142. The van der Waals surface area contributed by atoms with Gasteiger partial charge in [0.15, 0.2) is 0 Å². The van der Waals surface area contributed by atoms with E-state index in [-0.39, 0.29) is 11.9 Å². The molecule has 2 aliphatic heterocycles. The van der Waals surface area contributed by atoms with Crippen molar-refractivity contribution in [3.05, 3.63) is 58.7 Å². The number of carbonyl (C=O) groups is 2. The van der Waals surface area contributed by atoms with Crippen LogP contribution in [-0.4, -0.2) is 41.9 Å². The number of nitrogen functional groups attached to an aromatic ring is 1. The van der Waals surface area contributed by atoms with Gasteiger partial charge in [0.2, 0.25) is 0 Å². The van der Waals surface area contributed by atoms with Crippen LogP contribution in [0.2, 0.25) is 0 Å². The molecule has 7 nitrogen and oxygen atoms in total. The van der Waals surface area contributed by atoms with Crippen molar-refractivity contribution in [2.75, 3.05) is 18.8 Å². The van der Waals surface area contributed by atoms with Gasteiger partial charge in [0, 0.05) is 49.0 Å². The topological polar surface area (TPSA) is 106 Å². The molecule has 3 N–H and O–H groups in total. The van der Waals surface area contributed by atoms with Crippen LogP contribution in [0.3, 0.4) is 0 Å². The van der Waals surface area contributed by atoms with Crippen LogP contribution < -0.4 is 10.5 Å². The second-order valence-electron chi connectivity index (χ2n) is 8.09. The first-order valence-corrected chi connectivity index (χ1v) is 10.1. The number of benzene rings is 2. The summed E-state index contributed by atoms with van der Waals surface area (Å²) in [4.78, 5) is 27.2. The summed E-state index contributed by atoms with van der Waals surface area (Å²) in [6.07, 6.45) is 1.92. The molecule has 7 heteroatoms. The largest absolute Gasteiger partial charge is 0.451 e. The van der Waals surface area contributed by atoms with Crippen LogP contribution in [0, 0.1) is 5.41 Å². The number of amides is 1. The summed E-state index contributed by atoms with van der Waals surface area (Å²) in [6, 6.07) is 10.5. The Morgan fingerprint density at radius 1 is 1.17 bits per heavy atom. The molecule has 0 saturated carbocycles. The van der Waals surface area contributed by atoms with E-state index in [0.717, 1.165) is 11.8 Å². The molecule has 0 atom stereocenters. The highest BCUT2D eigenvalue weighted by molar-refractivity contribution is 5.98. The standard InChI is InChI=1S/C23H25N3O4/c1-14(2)15-4-6-20-18(12-15)22(28)30-23(29-20)7-9-26(10-8-23)21(27)16-3-5-19(25)17(11-16)13-24/h3-6,11-14,24H,7-10,25H2,1-2H3. The van der Waals surface area contributed by atoms with Crippen molar-refractivity contribution in [2.45, 2.75) is 38.4 Å². The number of likely N-dealkylation sites (tertiary alicyclic amines) is 1. The Morgan fingerprint density at radius 3 is 2.57 bits per heavy atom. The van der Waals surface area contributed by atoms with Crippen molar-refractivity contribution in [3.8, 4) is 5.75 Å². The lowest BCUT2D eigenvalue weighted by atomic mass is 9.97. The van der Waals surface area contributed by atoms with Crippen molar-refractivity contribution in [2.24, 2.45) is 0 Å². The lowest BCUT2D eigenvalue weighted by Crippen LogP contribution is -2.53. The normalized spacial score (nSPS) is 17.3. The van der Waals surface area contributed by atoms with E-state index in [1.54, 1.807) is 23.1 Å². The number of hydrogen-bond donors (Lipinski definition) is 2. The smallest absolute Gasteiger partial charge is 0.345 e. The van der Waals surface area contributed by atoms with Crippen LogP contribution in [0.4, 0.5) is 5.69 Å². The van der Waals surface area contributed by atoms with Crippen molar-refractivity contribution in [1.29, 1.82) is 5.41 Å². The van der Waals surface area contributed by atoms with Gasteiger partial charge in [-0.1, -0.05) is 19.9 Å². The summed E-state index contributed by atoms with van der Waals surface area (Å²) in [5.74, 6) is -0.731. The van der Waals surface area contributed by atoms with Gasteiger partial charge < -0.3 is 25.5 Å². The Bertz CT molecular complexity index is 1020. The van der Waals surface area contributed by atoms with E-state index in [0.29, 0.717) is 60.0 Å². The zero-order valence-corrected chi connectivity index (χ0v) is 17.1. The van der Waals surface area contributed by atoms with E-state index < -0.39 is 5.79 Å². The Labute approximate surface area is 175 Å². The summed E-state index contributed by atoms with van der Waals surface area (Å²) >= 11 is 0. The number of hydrogen-bond acceptors (Lipinski definition) is 6. The summed E-state index contributed by atoms with van der Waals surface area (Å²) < 4.78 is 11.8. The van der Waals surface area contributed by atoms with Gasteiger partial charge >= 0.3 is 5.97 Å². The molecule has 2 aromatic rings. The molecule has 1 amide bonds. The minimum Gasteiger partial charge on any atom is -0.451 e. The molecule has 2 heterocycles. The van der Waals surface area contributed by atoms with Crippen molar-refractivity contribution < 1.29 is 19.1 Å². The van der Waals surface area contributed by atoms with Gasteiger partial charge in [0.25, 0.3) is 11.7 Å². The number of fused-ring (bicyclic) bond motifs is 1. The highest BCUT2D eigenvalue weighted by Gasteiger charge is 2.45. The number of anilines is 1. The zero-order valence-electron chi connectivity index (χ0n) is 17.1. The molecule has 156 valence electrons. The maximum atomic E-state index is 12.9. The summed E-state index contributed by atoms with van der Waals surface area (Å²) in [5.41, 5.74) is 8.76. The molecular formula is C23H25N3O4. The van der Waals surface area contributed by atoms with Gasteiger partial charge in [0.1, 0.15) is 11.3 Å². The molecule has 0 unspecified atom stereocenters. The summed E-state index contributed by atoms with van der Waals surface area (Å²) in [5, 5.41) is 7.42. The number of carbonyl (C=O) groups excluding carboxylic acids is 2. The number of ether oxygens (including phenoxy) is 2. The van der Waals surface area contributed by atoms with E-state index in [1.165, 1.54) is 0 Å². The SMILES string of the molecule is CC(C)c1ccc2c(c1)C(=O)OC1(CCN(C(=O)c3ccc(N)c(C=N)c3)CC1)O2. The number of rotatable bonds is 3. The van der Waals surface area contributed by atoms with Crippen LogP contribution >= 0.6 is 0 Å². The third-order valence-electron chi connectivity index (χ3n) is 5.77. The van der Waals surface area contributed by atoms with E-state index in [4.69, 9.17) is 20.6 Å². The first-order valence-electron chi connectivity index (χ1n) is 10.1. The summed E-state index contributed by atoms with van der Waals surface area (Å²) in [6.45, 7) is 4.93. The number of esters is 1. The lowest BCUT2D eigenvalue weighted by molar-refractivity contribution is -0.177. The number of nitrogens with one attached hydrogen (secondary N) is 1. The fourth-order valence-electron chi connectivity index (χ4n) is 3.87. The minimum atomic E-state index is -1.04. The molecule has 2 aromatic carbocycles. The Morgan fingerprint density at radius 2 is 1.90 bits per heavy atom. The maximum Gasteiger partial charge on any atom is 0.345 e. The summed E-state index contributed by atoms with van der Waals surface area (Å²) in [7, 11) is 0. The van der Waals surface area contributed by atoms with Crippen molar-refractivity contribution >= 4 is 23.8 Å². The van der Waals surface area contributed by atoms with Crippen LogP contribution in [0.15, 0.2) is 36.4 Å². The maximum absolute atomic E-state index is 12.9. The second-order valence-corrected chi connectivity index (χ2v) is 8.09. The van der Waals surface area contributed by atoms with Gasteiger partial charge in [0.05, 0.1) is 0 Å². The molecular weight excluding hydrogens is 382 g/mol. The third-order valence-corrected chi connectivity index (χ3v) is 5.77. The monoisotopic (exact) mass is 407 g/mol. The molecule has 1 spiro atoms. The van der Waals surface area contributed by atoms with Gasteiger partial charge in [-0.25, -0.2) is 4.79 Å². The van der Waals surface area contributed by atoms with Gasteiger partial charge in [-0.05, 0) is 41.8 Å². The predicted molar refractivity (Wildman–Crippen MR) is 113 cm³/mol. The predicted octanol–water partition coefficient (Wildman–Crippen LogP) is 3.57. The highest BCUT2D eigenvalue weighted by atomic mass is 16.7. The van der Waals surface area contributed by atoms with Crippen LogP contribution in [0.5, 0.6) is 5.75 Å². The Balaban J connectivity index is 1.48. The number of nitrogens with zero attached hydrogens (tertiary/aromatic N) is 1. The molecule has 0 radical (unpaired) electrons. The van der Waals surface area contributed by atoms with E-state index in [1.807, 2.05) is 18.2 Å². The fourth-order valence-corrected chi connectivity index (χ4v) is 3.87. The first kappa shape index (κ1) is 19.9. The van der Waals surface area contributed by atoms with Crippen LogP contribution in [0.1, 0.15) is 64.4 Å². The molecule has 1 fully saturated rings. The van der Waals surface area contributed by atoms with E-state index in [2.05, 4.69) is 13.8 Å². The Kier molecular flexibility index (Phi) is 4.97. The highest BCUT2D eigenvalue weighted by Crippen LogP contribution is 2.38. The van der Waals surface area contributed by atoms with Crippen LogP contribution in [-0.2, 0) is 4.74 Å². The van der Waals surface area contributed by atoms with Crippen molar-refractivity contribution in [3.63, 3.8) is 0 Å². The third kappa shape index (κ3) is 3.51. The van der Waals surface area contributed by atoms with Crippen molar-refractivity contribution in [1.82, 2.24) is 4.90 Å². The zero-order chi connectivity index (χ0) is 21.5. The molecule has 2 aliphatic rings. The Hall–Kier alpha value is -3.35.